The molecule has 0 N–H and O–H groups in total. The second kappa shape index (κ2) is 16.9. The van der Waals surface area contributed by atoms with E-state index in [1.807, 2.05) is 0 Å². The lowest BCUT2D eigenvalue weighted by Crippen LogP contribution is -2.62. The topological polar surface area (TPSA) is 9.72 Å². The van der Waals surface area contributed by atoms with Crippen LogP contribution >= 0.6 is 0 Å². The van der Waals surface area contributed by atoms with Gasteiger partial charge in [-0.2, -0.15) is 0 Å². The molecule has 1 saturated carbocycles. The van der Waals surface area contributed by atoms with E-state index in [1.165, 1.54) is 125 Å². The molecule has 8 aromatic rings. The first-order chi connectivity index (χ1) is 36.2. The van der Waals surface area contributed by atoms with Gasteiger partial charge in [-0.25, -0.2) is 0 Å². The molecule has 2 atom stereocenters. The predicted molar refractivity (Wildman–Crippen MR) is 327 cm³/mol. The molecule has 3 aliphatic heterocycles. The van der Waals surface area contributed by atoms with Crippen LogP contribution in [0.1, 0.15) is 149 Å². The number of rotatable bonds is 5. The van der Waals surface area contributed by atoms with Crippen molar-refractivity contribution < 1.29 is 0 Å². The first-order valence-corrected chi connectivity index (χ1v) is 28.5. The zero-order chi connectivity index (χ0) is 52.9. The molecule has 5 aliphatic rings. The van der Waals surface area contributed by atoms with Crippen molar-refractivity contribution in [2.45, 2.75) is 154 Å². The van der Waals surface area contributed by atoms with Gasteiger partial charge < -0.3 is 14.7 Å². The Balaban J connectivity index is 1.14. The average molecular weight is 994 g/mol. The van der Waals surface area contributed by atoms with Crippen molar-refractivity contribution in [3.8, 4) is 22.3 Å². The van der Waals surface area contributed by atoms with Crippen LogP contribution in [0.3, 0.4) is 0 Å². The first kappa shape index (κ1) is 48.8. The molecular weight excluding hydrogens is 918 g/mol. The van der Waals surface area contributed by atoms with Crippen LogP contribution in [-0.4, -0.2) is 12.3 Å². The molecule has 8 aromatic carbocycles. The van der Waals surface area contributed by atoms with Gasteiger partial charge in [0.2, 0.25) is 0 Å². The number of anilines is 8. The summed E-state index contributed by atoms with van der Waals surface area (Å²) >= 11 is 0. The summed E-state index contributed by atoms with van der Waals surface area (Å²) in [4.78, 5) is 8.17. The van der Waals surface area contributed by atoms with Gasteiger partial charge >= 0.3 is 0 Å². The minimum atomic E-state index is -0.178. The normalized spacial score (nSPS) is 20.8. The van der Waals surface area contributed by atoms with Crippen molar-refractivity contribution in [1.82, 2.24) is 0 Å². The lowest BCUT2D eigenvalue weighted by Gasteiger charge is -2.51. The molecule has 0 bridgehead atoms. The van der Waals surface area contributed by atoms with E-state index in [-0.39, 0.29) is 39.3 Å². The fourth-order valence-electron chi connectivity index (χ4n) is 14.8. The van der Waals surface area contributed by atoms with Gasteiger partial charge in [0, 0.05) is 50.8 Å². The molecule has 13 rings (SSSR count). The summed E-state index contributed by atoms with van der Waals surface area (Å²) in [6, 6.07) is 66.6. The molecule has 76 heavy (non-hydrogen) atoms. The molecule has 3 heterocycles. The Labute approximate surface area is 455 Å². The third-order valence-corrected chi connectivity index (χ3v) is 19.6. The van der Waals surface area contributed by atoms with Crippen molar-refractivity contribution in [3.05, 3.63) is 198 Å². The van der Waals surface area contributed by atoms with Gasteiger partial charge in [-0.3, -0.25) is 0 Å². The molecule has 0 amide bonds. The maximum Gasteiger partial charge on any atom is 0.252 e. The Kier molecular flexibility index (Phi) is 10.8. The van der Waals surface area contributed by atoms with Gasteiger partial charge in [0.05, 0.1) is 11.2 Å². The van der Waals surface area contributed by atoms with Crippen LogP contribution in [0, 0.1) is 0 Å². The molecule has 382 valence electrons. The molecule has 2 aliphatic carbocycles. The Morgan fingerprint density at radius 3 is 1.66 bits per heavy atom. The first-order valence-electron chi connectivity index (χ1n) is 28.5. The van der Waals surface area contributed by atoms with Crippen molar-refractivity contribution >= 4 is 68.6 Å². The molecule has 0 radical (unpaired) electrons. The highest BCUT2D eigenvalue weighted by molar-refractivity contribution is 7.00. The maximum atomic E-state index is 2.83. The SMILES string of the molecule is CC(C)(C)c1ccc(-c2ccc3c(c2)C2(C)CCCCC2(C)N3c2cc3c4c(c2)N(c2ccc(C(C)(C)C)cc2-c2ccccc2)c2cc5c(cc2B4c2ccccc2N3c2ccccc2)C(C)(C)CCC5(C)C)cc1. The van der Waals surface area contributed by atoms with Gasteiger partial charge in [-0.1, -0.05) is 198 Å². The predicted octanol–water partition coefficient (Wildman–Crippen LogP) is 17.8. The van der Waals surface area contributed by atoms with Crippen molar-refractivity contribution in [2.75, 3.05) is 14.7 Å². The van der Waals surface area contributed by atoms with Crippen LogP contribution < -0.4 is 31.1 Å². The number of fused-ring (bicyclic) bond motifs is 8. The minimum absolute atomic E-state index is 0.00949. The van der Waals surface area contributed by atoms with Gasteiger partial charge in [0.1, 0.15) is 0 Å². The smallest absolute Gasteiger partial charge is 0.252 e. The van der Waals surface area contributed by atoms with Gasteiger partial charge in [0.15, 0.2) is 0 Å². The fourth-order valence-corrected chi connectivity index (χ4v) is 14.8. The van der Waals surface area contributed by atoms with Gasteiger partial charge in [0.25, 0.3) is 6.71 Å². The van der Waals surface area contributed by atoms with E-state index in [0.717, 1.165) is 25.7 Å². The number of hydrogen-bond acceptors (Lipinski definition) is 3. The Morgan fingerprint density at radius 2 is 0.974 bits per heavy atom. The van der Waals surface area contributed by atoms with E-state index in [2.05, 4.69) is 268 Å². The summed E-state index contributed by atoms with van der Waals surface area (Å²) < 4.78 is 0. The van der Waals surface area contributed by atoms with E-state index in [9.17, 15) is 0 Å². The number of para-hydroxylation sites is 2. The van der Waals surface area contributed by atoms with Gasteiger partial charge in [-0.15, -0.1) is 0 Å². The van der Waals surface area contributed by atoms with E-state index in [4.69, 9.17) is 0 Å². The van der Waals surface area contributed by atoms with Crippen LogP contribution in [0.25, 0.3) is 22.3 Å². The van der Waals surface area contributed by atoms with E-state index >= 15 is 0 Å². The zero-order valence-corrected chi connectivity index (χ0v) is 47.3. The third-order valence-electron chi connectivity index (χ3n) is 19.6. The third kappa shape index (κ3) is 7.28. The summed E-state index contributed by atoms with van der Waals surface area (Å²) in [6.45, 7) is 29.1. The molecule has 2 unspecified atom stereocenters. The molecule has 4 heteroatoms. The standard InChI is InChI=1S/C72H76BN3/c1-67(2,3)50-32-29-47(30-33-50)49-31-35-61-57(41-49)71(11)37-21-22-38-72(71,12)76(61)53-43-64-66-65(44-53)75(60-36-34-51(68(4,5)6)42-54(60)48-23-15-13-16-24-48)63-46-56-55(69(7,8)39-40-70(56,9)10)45-59(63)73(66)58-27-19-20-28-62(58)74(64)52-25-17-14-18-26-52/h13-20,23-36,41-46H,21-22,37-40H2,1-12H3. The lowest BCUT2D eigenvalue weighted by atomic mass is 9.33. The maximum absolute atomic E-state index is 2.83. The molecule has 3 nitrogen and oxygen atoms in total. The Morgan fingerprint density at radius 1 is 0.395 bits per heavy atom. The zero-order valence-electron chi connectivity index (χ0n) is 47.3. The molecule has 0 aromatic heterocycles. The number of nitrogens with zero attached hydrogens (tertiary/aromatic N) is 3. The molecule has 0 saturated heterocycles. The molecule has 0 spiro atoms. The van der Waals surface area contributed by atoms with Crippen LogP contribution in [0.4, 0.5) is 45.5 Å². The highest BCUT2D eigenvalue weighted by atomic mass is 15.3. The number of benzene rings is 8. The largest absolute Gasteiger partial charge is 0.334 e. The quantitative estimate of drug-likeness (QED) is 0.159. The second-order valence-electron chi connectivity index (χ2n) is 27.2. The highest BCUT2D eigenvalue weighted by Gasteiger charge is 2.58. The Hall–Kier alpha value is -6.78. The van der Waals surface area contributed by atoms with E-state index < -0.39 is 0 Å². The molecule has 1 fully saturated rings. The van der Waals surface area contributed by atoms with E-state index in [1.54, 1.807) is 0 Å². The van der Waals surface area contributed by atoms with Crippen molar-refractivity contribution in [3.63, 3.8) is 0 Å². The summed E-state index contributed by atoms with van der Waals surface area (Å²) in [5.74, 6) is 0. The second-order valence-corrected chi connectivity index (χ2v) is 27.2. The highest BCUT2D eigenvalue weighted by Crippen LogP contribution is 2.63. The number of hydrogen-bond donors (Lipinski definition) is 0. The van der Waals surface area contributed by atoms with Crippen LogP contribution in [0.5, 0.6) is 0 Å². The summed E-state index contributed by atoms with van der Waals surface area (Å²) in [5, 5.41) is 0. The summed E-state index contributed by atoms with van der Waals surface area (Å²) in [7, 11) is 0. The van der Waals surface area contributed by atoms with Crippen molar-refractivity contribution in [2.24, 2.45) is 0 Å². The van der Waals surface area contributed by atoms with Crippen LogP contribution in [0.2, 0.25) is 0 Å². The van der Waals surface area contributed by atoms with Crippen molar-refractivity contribution in [1.29, 1.82) is 0 Å². The van der Waals surface area contributed by atoms with Crippen LogP contribution in [-0.2, 0) is 27.1 Å². The average Bonchev–Trinajstić information content (AvgIpc) is 3.56. The molecular formula is C72H76BN3. The minimum Gasteiger partial charge on any atom is -0.334 e. The van der Waals surface area contributed by atoms with Gasteiger partial charge in [-0.05, 0) is 176 Å². The summed E-state index contributed by atoms with van der Waals surface area (Å²) in [5.41, 5.74) is 26.3. The van der Waals surface area contributed by atoms with Crippen LogP contribution in [0.15, 0.2) is 170 Å². The fraction of sp³-hybridized carbons (Fsp3) is 0.333. The Bertz CT molecular complexity index is 3610. The van der Waals surface area contributed by atoms with E-state index in [0.29, 0.717) is 0 Å². The monoisotopic (exact) mass is 994 g/mol. The summed E-state index contributed by atoms with van der Waals surface area (Å²) in [6.07, 6.45) is 7.02. The lowest BCUT2D eigenvalue weighted by molar-refractivity contribution is 0.195.